The summed E-state index contributed by atoms with van der Waals surface area (Å²) in [5.41, 5.74) is 1.60. The second-order valence-corrected chi connectivity index (χ2v) is 13.5. The van der Waals surface area contributed by atoms with Crippen molar-refractivity contribution in [3.8, 4) is 11.5 Å². The number of pyridine rings is 1. The van der Waals surface area contributed by atoms with Crippen molar-refractivity contribution in [3.05, 3.63) is 22.8 Å². The monoisotopic (exact) mass is 408 g/mol. The number of aromatic nitrogens is 6. The first-order valence-electron chi connectivity index (χ1n) is 7.81. The molecule has 9 heteroatoms. The van der Waals surface area contributed by atoms with Crippen molar-refractivity contribution >= 4 is 35.0 Å². The Morgan fingerprint density at radius 1 is 1.25 bits per heavy atom. The lowest BCUT2D eigenvalue weighted by atomic mass is 10.3. The summed E-state index contributed by atoms with van der Waals surface area (Å²) in [6, 6.07) is 5.10. The Balaban J connectivity index is 1.84. The molecular weight excluding hydrogens is 388 g/mol. The number of rotatable bonds is 6. The van der Waals surface area contributed by atoms with E-state index in [1.807, 2.05) is 22.9 Å². The van der Waals surface area contributed by atoms with Crippen molar-refractivity contribution in [1.82, 2.24) is 29.8 Å². The number of tetrazole rings is 1. The molecule has 0 atom stereocenters. The van der Waals surface area contributed by atoms with E-state index in [0.29, 0.717) is 12.6 Å². The number of ether oxygens (including phenoxy) is 1. The molecule has 0 N–H and O–H groups in total. The van der Waals surface area contributed by atoms with Crippen LogP contribution >= 0.6 is 15.9 Å². The van der Waals surface area contributed by atoms with Gasteiger partial charge in [0.1, 0.15) is 18.1 Å². The van der Waals surface area contributed by atoms with Gasteiger partial charge in [0.15, 0.2) is 5.82 Å². The minimum atomic E-state index is -1.08. The second kappa shape index (κ2) is 6.73. The van der Waals surface area contributed by atoms with Crippen LogP contribution in [-0.2, 0) is 18.5 Å². The number of halogens is 1. The van der Waals surface area contributed by atoms with Gasteiger partial charge in [-0.25, -0.2) is 9.67 Å². The van der Waals surface area contributed by atoms with Crippen LogP contribution in [0.4, 0.5) is 0 Å². The maximum atomic E-state index is 5.86. The normalized spacial score (nSPS) is 12.2. The first-order valence-corrected chi connectivity index (χ1v) is 12.3. The SMILES string of the molecule is Cn1nnnc1-c1ccc2c(Br)cn(COCC[Si](C)(C)C)c2n1. The van der Waals surface area contributed by atoms with E-state index in [1.165, 1.54) is 0 Å². The molecule has 24 heavy (non-hydrogen) atoms. The molecule has 0 bridgehead atoms. The van der Waals surface area contributed by atoms with Gasteiger partial charge in [0.2, 0.25) is 0 Å². The fourth-order valence-corrected chi connectivity index (χ4v) is 3.65. The standard InChI is InChI=1S/C15H21BrN6OSi/c1-21-15(18-19-20-21)13-6-5-11-12(16)9-22(14(11)17-13)10-23-7-8-24(2,3)4/h5-6,9H,7-8,10H2,1-4H3. The molecule has 0 spiro atoms. The van der Waals surface area contributed by atoms with Gasteiger partial charge in [-0.15, -0.1) is 5.10 Å². The highest BCUT2D eigenvalue weighted by Crippen LogP contribution is 2.27. The summed E-state index contributed by atoms with van der Waals surface area (Å²) in [6.07, 6.45) is 2.00. The van der Waals surface area contributed by atoms with Crippen LogP contribution in [0, 0.1) is 0 Å². The minimum Gasteiger partial charge on any atom is -0.361 e. The highest BCUT2D eigenvalue weighted by molar-refractivity contribution is 9.10. The molecule has 0 fully saturated rings. The fourth-order valence-electron chi connectivity index (χ4n) is 2.33. The van der Waals surface area contributed by atoms with Gasteiger partial charge in [0, 0.05) is 37.8 Å². The molecule has 3 aromatic rings. The molecule has 0 aliphatic rings. The van der Waals surface area contributed by atoms with Crippen molar-refractivity contribution < 1.29 is 4.74 Å². The van der Waals surface area contributed by atoms with E-state index in [9.17, 15) is 0 Å². The zero-order valence-corrected chi connectivity index (χ0v) is 16.9. The number of aryl methyl sites for hydroxylation is 1. The summed E-state index contributed by atoms with van der Waals surface area (Å²) in [4.78, 5) is 4.73. The summed E-state index contributed by atoms with van der Waals surface area (Å²) in [7, 11) is 0.722. The zero-order chi connectivity index (χ0) is 17.3. The summed E-state index contributed by atoms with van der Waals surface area (Å²) in [5.74, 6) is 0.639. The average molecular weight is 409 g/mol. The third kappa shape index (κ3) is 3.73. The van der Waals surface area contributed by atoms with E-state index in [4.69, 9.17) is 9.72 Å². The molecule has 3 aromatic heterocycles. The van der Waals surface area contributed by atoms with Gasteiger partial charge >= 0.3 is 0 Å². The van der Waals surface area contributed by atoms with Gasteiger partial charge in [-0.2, -0.15) is 0 Å². The van der Waals surface area contributed by atoms with Gasteiger partial charge in [-0.1, -0.05) is 19.6 Å². The molecule has 0 amide bonds. The van der Waals surface area contributed by atoms with Crippen molar-refractivity contribution in [3.63, 3.8) is 0 Å². The van der Waals surface area contributed by atoms with Crippen LogP contribution in [0.25, 0.3) is 22.6 Å². The van der Waals surface area contributed by atoms with E-state index < -0.39 is 8.07 Å². The molecule has 0 aliphatic carbocycles. The van der Waals surface area contributed by atoms with Crippen LogP contribution in [0.1, 0.15) is 0 Å². The number of nitrogens with zero attached hydrogens (tertiary/aromatic N) is 6. The van der Waals surface area contributed by atoms with E-state index in [-0.39, 0.29) is 0 Å². The Kier molecular flexibility index (Phi) is 4.84. The largest absolute Gasteiger partial charge is 0.361 e. The molecule has 3 heterocycles. The number of fused-ring (bicyclic) bond motifs is 1. The molecule has 0 saturated heterocycles. The zero-order valence-electron chi connectivity index (χ0n) is 14.3. The topological polar surface area (TPSA) is 70.7 Å². The number of hydrogen-bond donors (Lipinski definition) is 0. The predicted octanol–water partition coefficient (Wildman–Crippen LogP) is 3.30. The first-order chi connectivity index (χ1) is 11.3. The molecule has 0 aromatic carbocycles. The summed E-state index contributed by atoms with van der Waals surface area (Å²) < 4.78 is 10.5. The van der Waals surface area contributed by atoms with Gasteiger partial charge in [-0.05, 0) is 44.5 Å². The molecule has 0 saturated carbocycles. The molecule has 128 valence electrons. The highest BCUT2D eigenvalue weighted by atomic mass is 79.9. The lowest BCUT2D eigenvalue weighted by Crippen LogP contribution is -2.22. The lowest BCUT2D eigenvalue weighted by molar-refractivity contribution is 0.0898. The molecule has 3 rings (SSSR count). The third-order valence-corrected chi connectivity index (χ3v) is 6.09. The van der Waals surface area contributed by atoms with Crippen LogP contribution in [-0.4, -0.2) is 44.4 Å². The second-order valence-electron chi connectivity index (χ2n) is 6.99. The molecular formula is C15H21BrN6OSi. The minimum absolute atomic E-state index is 0.486. The molecule has 0 radical (unpaired) electrons. The van der Waals surface area contributed by atoms with Crippen molar-refractivity contribution in [2.24, 2.45) is 7.05 Å². The maximum Gasteiger partial charge on any atom is 0.200 e. The quantitative estimate of drug-likeness (QED) is 0.462. The van der Waals surface area contributed by atoms with Gasteiger partial charge in [0.05, 0.1) is 0 Å². The smallest absolute Gasteiger partial charge is 0.200 e. The van der Waals surface area contributed by atoms with Crippen molar-refractivity contribution in [1.29, 1.82) is 0 Å². The number of hydrogen-bond acceptors (Lipinski definition) is 5. The van der Waals surface area contributed by atoms with Crippen LogP contribution in [0.5, 0.6) is 0 Å². The van der Waals surface area contributed by atoms with Crippen LogP contribution < -0.4 is 0 Å². The van der Waals surface area contributed by atoms with E-state index in [2.05, 4.69) is 51.1 Å². The summed E-state index contributed by atoms with van der Waals surface area (Å²) in [6.45, 7) is 8.31. The Hall–Kier alpha value is -1.58. The van der Waals surface area contributed by atoms with Crippen LogP contribution in [0.3, 0.4) is 0 Å². The van der Waals surface area contributed by atoms with Crippen molar-refractivity contribution in [2.75, 3.05) is 6.61 Å². The van der Waals surface area contributed by atoms with E-state index in [0.717, 1.165) is 33.9 Å². The first kappa shape index (κ1) is 17.2. The maximum absolute atomic E-state index is 5.86. The Morgan fingerprint density at radius 3 is 2.71 bits per heavy atom. The van der Waals surface area contributed by atoms with Gasteiger partial charge < -0.3 is 9.30 Å². The molecule has 7 nitrogen and oxygen atoms in total. The fraction of sp³-hybridized carbons (Fsp3) is 0.467. The van der Waals surface area contributed by atoms with Crippen molar-refractivity contribution in [2.45, 2.75) is 32.4 Å². The average Bonchev–Trinajstić information content (AvgIpc) is 3.07. The Labute approximate surface area is 150 Å². The highest BCUT2D eigenvalue weighted by Gasteiger charge is 2.14. The summed E-state index contributed by atoms with van der Waals surface area (Å²) >= 11 is 3.59. The van der Waals surface area contributed by atoms with E-state index in [1.54, 1.807) is 11.7 Å². The van der Waals surface area contributed by atoms with Crippen LogP contribution in [0.15, 0.2) is 22.8 Å². The summed E-state index contributed by atoms with van der Waals surface area (Å²) in [5, 5.41) is 12.6. The Bertz CT molecular complexity index is 853. The molecule has 0 aliphatic heterocycles. The van der Waals surface area contributed by atoms with E-state index >= 15 is 0 Å². The lowest BCUT2D eigenvalue weighted by Gasteiger charge is -2.15. The Morgan fingerprint density at radius 2 is 2.04 bits per heavy atom. The van der Waals surface area contributed by atoms with Gasteiger partial charge in [-0.3, -0.25) is 0 Å². The predicted molar refractivity (Wildman–Crippen MR) is 99.3 cm³/mol. The van der Waals surface area contributed by atoms with Crippen LogP contribution in [0.2, 0.25) is 25.7 Å². The molecule has 0 unspecified atom stereocenters. The third-order valence-electron chi connectivity index (χ3n) is 3.75. The van der Waals surface area contributed by atoms with Gasteiger partial charge in [0.25, 0.3) is 0 Å².